The molecule has 0 bridgehead atoms. The van der Waals surface area contributed by atoms with E-state index < -0.39 is 0 Å². The highest BCUT2D eigenvalue weighted by Crippen LogP contribution is 2.26. The lowest BCUT2D eigenvalue weighted by Gasteiger charge is -2.13. The van der Waals surface area contributed by atoms with Crippen molar-refractivity contribution >= 4 is 23.2 Å². The Labute approximate surface area is 191 Å². The van der Waals surface area contributed by atoms with E-state index in [1.807, 2.05) is 43.3 Å². The third-order valence-corrected chi connectivity index (χ3v) is 4.99. The second kappa shape index (κ2) is 9.78. The maximum absolute atomic E-state index is 12.8. The van der Waals surface area contributed by atoms with Gasteiger partial charge in [-0.15, -0.1) is 0 Å². The summed E-state index contributed by atoms with van der Waals surface area (Å²) in [6.45, 7) is 1.97. The topological polar surface area (TPSA) is 98.3 Å². The van der Waals surface area contributed by atoms with E-state index in [1.165, 1.54) is 0 Å². The zero-order chi connectivity index (χ0) is 23.2. The van der Waals surface area contributed by atoms with Gasteiger partial charge in [0.05, 0.1) is 19.9 Å². The molecule has 166 valence electrons. The third kappa shape index (κ3) is 5.24. The van der Waals surface area contributed by atoms with Crippen LogP contribution in [0, 0.1) is 6.92 Å². The number of nitrogens with zero attached hydrogens (tertiary/aromatic N) is 3. The Bertz CT molecular complexity index is 1260. The molecule has 0 aliphatic heterocycles. The summed E-state index contributed by atoms with van der Waals surface area (Å²) in [6, 6.07) is 16.2. The number of carbonyl (C=O) groups excluding carboxylic acids is 1. The summed E-state index contributed by atoms with van der Waals surface area (Å²) < 4.78 is 10.5. The number of hydrogen-bond donors (Lipinski definition) is 2. The second-order valence-electron chi connectivity index (χ2n) is 7.21. The van der Waals surface area contributed by atoms with Gasteiger partial charge in [-0.3, -0.25) is 9.78 Å². The molecule has 2 heterocycles. The number of benzene rings is 2. The smallest absolute Gasteiger partial charge is 0.255 e. The van der Waals surface area contributed by atoms with Crippen molar-refractivity contribution in [1.82, 2.24) is 15.0 Å². The number of aromatic nitrogens is 3. The van der Waals surface area contributed by atoms with Crippen LogP contribution in [0.15, 0.2) is 73.2 Å². The van der Waals surface area contributed by atoms with Crippen molar-refractivity contribution in [1.29, 1.82) is 0 Å². The van der Waals surface area contributed by atoms with Crippen LogP contribution in [0.2, 0.25) is 0 Å². The second-order valence-corrected chi connectivity index (χ2v) is 7.21. The Kier molecular flexibility index (Phi) is 6.45. The minimum absolute atomic E-state index is 0.280. The summed E-state index contributed by atoms with van der Waals surface area (Å²) in [6.07, 6.45) is 5.14. The molecule has 2 N–H and O–H groups in total. The molecule has 0 saturated heterocycles. The van der Waals surface area contributed by atoms with Gasteiger partial charge < -0.3 is 20.1 Å². The van der Waals surface area contributed by atoms with Gasteiger partial charge in [-0.05, 0) is 55.0 Å². The molecule has 0 fully saturated rings. The van der Waals surface area contributed by atoms with Gasteiger partial charge in [-0.1, -0.05) is 6.07 Å². The molecule has 0 aliphatic carbocycles. The summed E-state index contributed by atoms with van der Waals surface area (Å²) in [4.78, 5) is 25.8. The van der Waals surface area contributed by atoms with Crippen LogP contribution in [0.25, 0.3) is 11.3 Å². The fourth-order valence-corrected chi connectivity index (χ4v) is 3.20. The van der Waals surface area contributed by atoms with Crippen LogP contribution in [-0.2, 0) is 0 Å². The molecule has 2 aromatic carbocycles. The molecule has 8 heteroatoms. The fourth-order valence-electron chi connectivity index (χ4n) is 3.20. The summed E-state index contributed by atoms with van der Waals surface area (Å²) in [5.74, 6) is 1.25. The molecule has 2 aromatic heterocycles. The number of aryl methyl sites for hydroxylation is 1. The van der Waals surface area contributed by atoms with Gasteiger partial charge in [0, 0.05) is 47.2 Å². The molecule has 4 aromatic rings. The number of ether oxygens (including phenoxy) is 2. The third-order valence-electron chi connectivity index (χ3n) is 4.99. The van der Waals surface area contributed by atoms with E-state index in [4.69, 9.17) is 9.47 Å². The van der Waals surface area contributed by atoms with Crippen LogP contribution in [0.3, 0.4) is 0 Å². The molecule has 0 aliphatic rings. The van der Waals surface area contributed by atoms with E-state index in [-0.39, 0.29) is 5.91 Å². The molecular formula is C25H23N5O3. The quantitative estimate of drug-likeness (QED) is 0.423. The standard InChI is InChI=1S/C25H23N5O3/c1-16-4-5-19(28-24(31)18-12-20(32-2)15-21(13-18)33-3)14-23(16)30-25-27-11-8-22(29-25)17-6-9-26-10-7-17/h4-15H,1-3H3,(H,28,31)(H,27,29,30). The summed E-state index contributed by atoms with van der Waals surface area (Å²) >= 11 is 0. The number of rotatable bonds is 7. The number of nitrogens with one attached hydrogen (secondary N) is 2. The van der Waals surface area contributed by atoms with E-state index in [2.05, 4.69) is 25.6 Å². The van der Waals surface area contributed by atoms with E-state index in [9.17, 15) is 4.79 Å². The van der Waals surface area contributed by atoms with Crippen LogP contribution in [-0.4, -0.2) is 35.1 Å². The molecule has 0 atom stereocenters. The average Bonchev–Trinajstić information content (AvgIpc) is 2.86. The lowest BCUT2D eigenvalue weighted by Crippen LogP contribution is -2.12. The van der Waals surface area contributed by atoms with Crippen molar-refractivity contribution in [3.63, 3.8) is 0 Å². The van der Waals surface area contributed by atoms with Gasteiger partial charge in [-0.2, -0.15) is 0 Å². The molecule has 0 saturated carbocycles. The normalized spacial score (nSPS) is 10.4. The molecule has 33 heavy (non-hydrogen) atoms. The van der Waals surface area contributed by atoms with Crippen molar-refractivity contribution in [2.75, 3.05) is 24.9 Å². The van der Waals surface area contributed by atoms with Crippen LogP contribution in [0.1, 0.15) is 15.9 Å². The number of anilines is 3. The van der Waals surface area contributed by atoms with Gasteiger partial charge in [0.2, 0.25) is 5.95 Å². The Balaban J connectivity index is 1.55. The Morgan fingerprint density at radius 2 is 1.61 bits per heavy atom. The van der Waals surface area contributed by atoms with Gasteiger partial charge in [0.15, 0.2) is 0 Å². The van der Waals surface area contributed by atoms with Crippen molar-refractivity contribution in [3.05, 3.63) is 84.3 Å². The van der Waals surface area contributed by atoms with Crippen molar-refractivity contribution in [3.8, 4) is 22.8 Å². The first-order valence-corrected chi connectivity index (χ1v) is 10.2. The van der Waals surface area contributed by atoms with Crippen LogP contribution in [0.4, 0.5) is 17.3 Å². The monoisotopic (exact) mass is 441 g/mol. The summed E-state index contributed by atoms with van der Waals surface area (Å²) in [5, 5.41) is 6.16. The molecule has 0 spiro atoms. The predicted molar refractivity (Wildman–Crippen MR) is 127 cm³/mol. The van der Waals surface area contributed by atoms with E-state index in [1.54, 1.807) is 51.0 Å². The minimum atomic E-state index is -0.280. The molecule has 0 unspecified atom stereocenters. The van der Waals surface area contributed by atoms with Crippen LogP contribution < -0.4 is 20.1 Å². The molecular weight excluding hydrogens is 418 g/mol. The first-order valence-electron chi connectivity index (χ1n) is 10.2. The molecule has 8 nitrogen and oxygen atoms in total. The Morgan fingerprint density at radius 1 is 0.879 bits per heavy atom. The van der Waals surface area contributed by atoms with E-state index in [0.717, 1.165) is 22.5 Å². The zero-order valence-corrected chi connectivity index (χ0v) is 18.5. The first kappa shape index (κ1) is 21.8. The van der Waals surface area contributed by atoms with E-state index >= 15 is 0 Å². The van der Waals surface area contributed by atoms with Crippen molar-refractivity contribution < 1.29 is 14.3 Å². The molecule has 0 radical (unpaired) electrons. The zero-order valence-electron chi connectivity index (χ0n) is 18.5. The Morgan fingerprint density at radius 3 is 2.30 bits per heavy atom. The van der Waals surface area contributed by atoms with Crippen LogP contribution in [0.5, 0.6) is 11.5 Å². The SMILES string of the molecule is COc1cc(OC)cc(C(=O)Nc2ccc(C)c(Nc3nccc(-c4ccncc4)n3)c2)c1. The minimum Gasteiger partial charge on any atom is -0.497 e. The van der Waals surface area contributed by atoms with Crippen molar-refractivity contribution in [2.24, 2.45) is 0 Å². The van der Waals surface area contributed by atoms with Crippen molar-refractivity contribution in [2.45, 2.75) is 6.92 Å². The molecule has 4 rings (SSSR count). The molecule has 1 amide bonds. The highest BCUT2D eigenvalue weighted by molar-refractivity contribution is 6.05. The number of hydrogen-bond acceptors (Lipinski definition) is 7. The highest BCUT2D eigenvalue weighted by atomic mass is 16.5. The Hall–Kier alpha value is -4.46. The maximum Gasteiger partial charge on any atom is 0.255 e. The lowest BCUT2D eigenvalue weighted by atomic mass is 10.1. The number of amides is 1. The fraction of sp³-hybridized carbons (Fsp3) is 0.120. The van der Waals surface area contributed by atoms with Gasteiger partial charge in [0.25, 0.3) is 5.91 Å². The van der Waals surface area contributed by atoms with Gasteiger partial charge in [0.1, 0.15) is 11.5 Å². The maximum atomic E-state index is 12.8. The van der Waals surface area contributed by atoms with E-state index in [0.29, 0.717) is 28.7 Å². The first-order chi connectivity index (χ1) is 16.1. The largest absolute Gasteiger partial charge is 0.497 e. The predicted octanol–water partition coefficient (Wildman–Crippen LogP) is 4.86. The number of pyridine rings is 1. The number of carbonyl (C=O) groups is 1. The number of methoxy groups -OCH3 is 2. The highest BCUT2D eigenvalue weighted by Gasteiger charge is 2.12. The van der Waals surface area contributed by atoms with Gasteiger partial charge >= 0.3 is 0 Å². The van der Waals surface area contributed by atoms with Gasteiger partial charge in [-0.25, -0.2) is 9.97 Å². The average molecular weight is 441 g/mol. The summed E-state index contributed by atoms with van der Waals surface area (Å²) in [7, 11) is 3.08. The lowest BCUT2D eigenvalue weighted by molar-refractivity contribution is 0.102. The summed E-state index contributed by atoms with van der Waals surface area (Å²) in [5.41, 5.74) is 4.54. The van der Waals surface area contributed by atoms with Crippen LogP contribution >= 0.6 is 0 Å².